The number of nitro benzene ring substituents is 1. The molecular weight excluding hydrogens is 316 g/mol. The van der Waals surface area contributed by atoms with Crippen LogP contribution in [0.5, 0.6) is 0 Å². The molecule has 0 radical (unpaired) electrons. The number of unbranched alkanes of at least 4 members (excludes halogenated alkanes) is 1. The molecule has 0 aliphatic carbocycles. The van der Waals surface area contributed by atoms with Crippen LogP contribution in [-0.4, -0.2) is 34.2 Å². The smallest absolute Gasteiger partial charge is 0.316 e. The first kappa shape index (κ1) is 17.6. The number of ketones is 1. The van der Waals surface area contributed by atoms with Crippen molar-refractivity contribution >= 4 is 29.0 Å². The summed E-state index contributed by atoms with van der Waals surface area (Å²) in [5.74, 6) is -2.95. The van der Waals surface area contributed by atoms with Gasteiger partial charge >= 0.3 is 5.97 Å². The standard InChI is InChI=1S/C16H18N2O6/c1-10(19)4-2-3-7-17-14-6-5-12(18(23)24)8-11(14)9-13(15(17)20)16(21)22/h5-6,8,13H,2-4,7,9H2,1H3,(H,21,22)/t13-/m0/s1. The SMILES string of the molecule is CC(=O)CCCCN1C(=O)[C@@H](C(=O)O)Cc2cc([N+](=O)[O-])ccc21. The van der Waals surface area contributed by atoms with E-state index in [-0.39, 0.29) is 24.4 Å². The van der Waals surface area contributed by atoms with Crippen molar-refractivity contribution in [3.63, 3.8) is 0 Å². The van der Waals surface area contributed by atoms with E-state index in [0.717, 1.165) is 0 Å². The Labute approximate surface area is 138 Å². The van der Waals surface area contributed by atoms with Crippen molar-refractivity contribution in [1.82, 2.24) is 0 Å². The molecule has 1 amide bonds. The maximum atomic E-state index is 12.4. The zero-order chi connectivity index (χ0) is 17.9. The van der Waals surface area contributed by atoms with E-state index in [1.165, 1.54) is 30.0 Å². The lowest BCUT2D eigenvalue weighted by Gasteiger charge is -2.32. The van der Waals surface area contributed by atoms with E-state index >= 15 is 0 Å². The van der Waals surface area contributed by atoms with Crippen LogP contribution < -0.4 is 4.90 Å². The number of nitro groups is 1. The van der Waals surface area contributed by atoms with Gasteiger partial charge in [-0.25, -0.2) is 0 Å². The Morgan fingerprint density at radius 1 is 1.38 bits per heavy atom. The maximum absolute atomic E-state index is 12.4. The van der Waals surface area contributed by atoms with Crippen LogP contribution in [0, 0.1) is 16.0 Å². The zero-order valence-corrected chi connectivity index (χ0v) is 13.2. The van der Waals surface area contributed by atoms with Gasteiger partial charge in [0.15, 0.2) is 0 Å². The number of nitrogens with zero attached hydrogens (tertiary/aromatic N) is 2. The van der Waals surface area contributed by atoms with Gasteiger partial charge in [0.1, 0.15) is 11.7 Å². The molecule has 0 aromatic heterocycles. The summed E-state index contributed by atoms with van der Waals surface area (Å²) in [4.78, 5) is 46.4. The van der Waals surface area contributed by atoms with Crippen molar-refractivity contribution in [2.75, 3.05) is 11.4 Å². The van der Waals surface area contributed by atoms with Crippen LogP contribution in [0.1, 0.15) is 31.7 Å². The number of Topliss-reactive ketones (excluding diaryl/α,β-unsaturated/α-hetero) is 1. The molecule has 0 saturated heterocycles. The number of aliphatic carboxylic acids is 1. The van der Waals surface area contributed by atoms with Crippen LogP contribution in [0.25, 0.3) is 0 Å². The average Bonchev–Trinajstić information content (AvgIpc) is 2.51. The van der Waals surface area contributed by atoms with Crippen LogP contribution in [0.2, 0.25) is 0 Å². The molecule has 1 atom stereocenters. The molecule has 0 fully saturated rings. The zero-order valence-electron chi connectivity index (χ0n) is 13.2. The van der Waals surface area contributed by atoms with Crippen LogP contribution in [-0.2, 0) is 20.8 Å². The predicted molar refractivity (Wildman–Crippen MR) is 84.8 cm³/mol. The molecule has 0 bridgehead atoms. The minimum Gasteiger partial charge on any atom is -0.481 e. The molecule has 1 aliphatic heterocycles. The van der Waals surface area contributed by atoms with Crippen molar-refractivity contribution in [3.05, 3.63) is 33.9 Å². The van der Waals surface area contributed by atoms with E-state index in [4.69, 9.17) is 0 Å². The number of benzene rings is 1. The molecule has 0 spiro atoms. The van der Waals surface area contributed by atoms with E-state index < -0.39 is 22.7 Å². The third-order valence-electron chi connectivity index (χ3n) is 4.01. The lowest BCUT2D eigenvalue weighted by atomic mass is 9.91. The van der Waals surface area contributed by atoms with E-state index in [0.29, 0.717) is 30.5 Å². The number of hydrogen-bond acceptors (Lipinski definition) is 5. The lowest BCUT2D eigenvalue weighted by Crippen LogP contribution is -2.45. The quantitative estimate of drug-likeness (QED) is 0.352. The molecule has 1 aromatic carbocycles. The molecule has 1 N–H and O–H groups in total. The first-order valence-corrected chi connectivity index (χ1v) is 7.62. The second-order valence-electron chi connectivity index (χ2n) is 5.81. The predicted octanol–water partition coefficient (Wildman–Crippen LogP) is 1.94. The highest BCUT2D eigenvalue weighted by atomic mass is 16.6. The molecule has 24 heavy (non-hydrogen) atoms. The third-order valence-corrected chi connectivity index (χ3v) is 4.01. The van der Waals surface area contributed by atoms with Gasteiger partial charge in [-0.15, -0.1) is 0 Å². The highest BCUT2D eigenvalue weighted by molar-refractivity contribution is 6.08. The number of fused-ring (bicyclic) bond motifs is 1. The van der Waals surface area contributed by atoms with Crippen molar-refractivity contribution in [1.29, 1.82) is 0 Å². The summed E-state index contributed by atoms with van der Waals surface area (Å²) in [6.45, 7) is 1.77. The minimum atomic E-state index is -1.24. The topological polar surface area (TPSA) is 118 Å². The van der Waals surface area contributed by atoms with Crippen LogP contribution >= 0.6 is 0 Å². The van der Waals surface area contributed by atoms with Gasteiger partial charge in [0.2, 0.25) is 5.91 Å². The van der Waals surface area contributed by atoms with Crippen LogP contribution in [0.15, 0.2) is 18.2 Å². The van der Waals surface area contributed by atoms with Gasteiger partial charge < -0.3 is 14.8 Å². The molecule has 128 valence electrons. The molecule has 0 unspecified atom stereocenters. The summed E-state index contributed by atoms with van der Waals surface area (Å²) in [5, 5.41) is 20.1. The number of carbonyl (C=O) groups excluding carboxylic acids is 2. The number of non-ortho nitro benzene ring substituents is 1. The fourth-order valence-corrected chi connectivity index (χ4v) is 2.79. The first-order chi connectivity index (χ1) is 11.3. The van der Waals surface area contributed by atoms with E-state index in [1.807, 2.05) is 0 Å². The average molecular weight is 334 g/mol. The summed E-state index contributed by atoms with van der Waals surface area (Å²) in [7, 11) is 0. The van der Waals surface area contributed by atoms with Crippen molar-refractivity contribution in [2.45, 2.75) is 32.6 Å². The number of carboxylic acid groups (broad SMARTS) is 1. The van der Waals surface area contributed by atoms with E-state index in [1.54, 1.807) is 0 Å². The number of carbonyl (C=O) groups is 3. The largest absolute Gasteiger partial charge is 0.481 e. The number of hydrogen-bond donors (Lipinski definition) is 1. The summed E-state index contributed by atoms with van der Waals surface area (Å²) >= 11 is 0. The lowest BCUT2D eigenvalue weighted by molar-refractivity contribution is -0.384. The van der Waals surface area contributed by atoms with Gasteiger partial charge in [0.05, 0.1) is 4.92 Å². The molecule has 1 heterocycles. The van der Waals surface area contributed by atoms with Gasteiger partial charge in [-0.05, 0) is 37.8 Å². The molecule has 1 aliphatic rings. The highest BCUT2D eigenvalue weighted by Crippen LogP contribution is 2.33. The molecule has 1 aromatic rings. The van der Waals surface area contributed by atoms with E-state index in [9.17, 15) is 29.6 Å². The summed E-state index contributed by atoms with van der Waals surface area (Å²) in [6, 6.07) is 4.10. The Balaban J connectivity index is 2.27. The molecule has 8 heteroatoms. The van der Waals surface area contributed by atoms with Crippen LogP contribution in [0.3, 0.4) is 0 Å². The van der Waals surface area contributed by atoms with Gasteiger partial charge in [0.25, 0.3) is 5.69 Å². The Hall–Kier alpha value is -2.77. The van der Waals surface area contributed by atoms with Gasteiger partial charge in [-0.1, -0.05) is 0 Å². The fraction of sp³-hybridized carbons (Fsp3) is 0.438. The van der Waals surface area contributed by atoms with Crippen molar-refractivity contribution in [3.8, 4) is 0 Å². The highest BCUT2D eigenvalue weighted by Gasteiger charge is 2.37. The first-order valence-electron chi connectivity index (χ1n) is 7.62. The number of carboxylic acids is 1. The molecule has 2 rings (SSSR count). The maximum Gasteiger partial charge on any atom is 0.316 e. The number of anilines is 1. The van der Waals surface area contributed by atoms with Gasteiger partial charge in [0, 0.05) is 30.8 Å². The van der Waals surface area contributed by atoms with Crippen LogP contribution in [0.4, 0.5) is 11.4 Å². The summed E-state index contributed by atoms with van der Waals surface area (Å²) in [5.41, 5.74) is 0.845. The molecule has 0 saturated carbocycles. The van der Waals surface area contributed by atoms with Gasteiger partial charge in [-0.3, -0.25) is 19.7 Å². The fourth-order valence-electron chi connectivity index (χ4n) is 2.79. The Morgan fingerprint density at radius 2 is 2.08 bits per heavy atom. The summed E-state index contributed by atoms with van der Waals surface area (Å²) in [6.07, 6.45) is 1.49. The Kier molecular flexibility index (Phi) is 5.28. The minimum absolute atomic E-state index is 0.0550. The number of amides is 1. The normalized spacial score (nSPS) is 16.6. The molecule has 8 nitrogen and oxygen atoms in total. The molecular formula is C16H18N2O6. The van der Waals surface area contributed by atoms with Crippen molar-refractivity contribution < 1.29 is 24.4 Å². The second-order valence-corrected chi connectivity index (χ2v) is 5.81. The van der Waals surface area contributed by atoms with Gasteiger partial charge in [-0.2, -0.15) is 0 Å². The summed E-state index contributed by atoms with van der Waals surface area (Å²) < 4.78 is 0. The number of rotatable bonds is 7. The Morgan fingerprint density at radius 3 is 2.67 bits per heavy atom. The van der Waals surface area contributed by atoms with E-state index in [2.05, 4.69) is 0 Å². The third kappa shape index (κ3) is 3.76. The monoisotopic (exact) mass is 334 g/mol. The second kappa shape index (κ2) is 7.20. The van der Waals surface area contributed by atoms with Crippen molar-refractivity contribution in [2.24, 2.45) is 5.92 Å². The Bertz CT molecular complexity index is 700.